The first-order valence-corrected chi connectivity index (χ1v) is 5.52. The van der Waals surface area contributed by atoms with Gasteiger partial charge in [-0.15, -0.1) is 0 Å². The molecule has 0 aliphatic rings. The maximum Gasteiger partial charge on any atom is 0.193 e. The van der Waals surface area contributed by atoms with Crippen LogP contribution in [0.5, 0.6) is 0 Å². The van der Waals surface area contributed by atoms with Gasteiger partial charge in [0, 0.05) is 17.1 Å². The zero-order valence-electron chi connectivity index (χ0n) is 9.62. The Morgan fingerprint density at radius 3 is 2.38 bits per heavy atom. The summed E-state index contributed by atoms with van der Waals surface area (Å²) in [7, 11) is 0. The van der Waals surface area contributed by atoms with Crippen LogP contribution in [0.4, 0.5) is 0 Å². The van der Waals surface area contributed by atoms with Gasteiger partial charge in [-0.2, -0.15) is 0 Å². The Balaban J connectivity index is 3.14. The Bertz CT molecular complexity index is 433. The molecule has 1 aromatic carbocycles. The maximum absolute atomic E-state index is 12.0. The van der Waals surface area contributed by atoms with Crippen LogP contribution in [-0.2, 0) is 0 Å². The smallest absolute Gasteiger partial charge is 0.193 e. The summed E-state index contributed by atoms with van der Waals surface area (Å²) in [6.07, 6.45) is 0. The van der Waals surface area contributed by atoms with Gasteiger partial charge in [0.05, 0.1) is 5.02 Å². The molecule has 0 spiro atoms. The van der Waals surface area contributed by atoms with Crippen molar-refractivity contribution in [3.05, 3.63) is 46.2 Å². The van der Waals surface area contributed by atoms with Gasteiger partial charge in [-0.05, 0) is 19.1 Å². The van der Waals surface area contributed by atoms with E-state index in [-0.39, 0.29) is 17.5 Å². The Morgan fingerprint density at radius 1 is 1.31 bits per heavy atom. The Labute approximate surface area is 101 Å². The van der Waals surface area contributed by atoms with Gasteiger partial charge in [0.2, 0.25) is 0 Å². The first-order chi connectivity index (χ1) is 7.45. The molecule has 1 aromatic rings. The zero-order chi connectivity index (χ0) is 12.3. The normalized spacial score (nSPS) is 12.6. The number of aliphatic hydroxyl groups excluding tert-OH is 1. The molecule has 0 radical (unpaired) electrons. The summed E-state index contributed by atoms with van der Waals surface area (Å²) >= 11 is 5.92. The molecule has 0 atom stereocenters. The lowest BCUT2D eigenvalue weighted by Gasteiger charge is -2.09. The second-order valence-corrected chi connectivity index (χ2v) is 4.38. The lowest BCUT2D eigenvalue weighted by atomic mass is 9.99. The fourth-order valence-electron chi connectivity index (χ4n) is 1.40. The molecule has 0 aliphatic carbocycles. The summed E-state index contributed by atoms with van der Waals surface area (Å²) in [6, 6.07) is 6.83. The topological polar surface area (TPSA) is 37.3 Å². The number of ketones is 1. The van der Waals surface area contributed by atoms with Crippen molar-refractivity contribution in [2.24, 2.45) is 5.92 Å². The summed E-state index contributed by atoms with van der Waals surface area (Å²) in [6.45, 7) is 5.28. The average Bonchev–Trinajstić information content (AvgIpc) is 2.26. The van der Waals surface area contributed by atoms with E-state index in [1.807, 2.05) is 13.8 Å². The van der Waals surface area contributed by atoms with Crippen molar-refractivity contribution in [1.82, 2.24) is 0 Å². The number of hydrogen-bond donors (Lipinski definition) is 1. The highest BCUT2D eigenvalue weighted by Gasteiger charge is 2.16. The van der Waals surface area contributed by atoms with Gasteiger partial charge >= 0.3 is 0 Å². The molecule has 0 fully saturated rings. The highest BCUT2D eigenvalue weighted by molar-refractivity contribution is 6.34. The summed E-state index contributed by atoms with van der Waals surface area (Å²) in [5, 5.41) is 10.1. The predicted molar refractivity (Wildman–Crippen MR) is 65.9 cm³/mol. The summed E-state index contributed by atoms with van der Waals surface area (Å²) in [5.74, 6) is -0.173. The number of allylic oxidation sites excluding steroid dienone is 2. The first-order valence-electron chi connectivity index (χ1n) is 5.14. The molecular weight excluding hydrogens is 224 g/mol. The van der Waals surface area contributed by atoms with E-state index in [0.717, 1.165) is 0 Å². The third-order valence-electron chi connectivity index (χ3n) is 2.39. The van der Waals surface area contributed by atoms with Crippen LogP contribution in [0.25, 0.3) is 0 Å². The zero-order valence-corrected chi connectivity index (χ0v) is 10.4. The van der Waals surface area contributed by atoms with Crippen molar-refractivity contribution >= 4 is 17.4 Å². The van der Waals surface area contributed by atoms with Crippen molar-refractivity contribution < 1.29 is 9.90 Å². The number of benzene rings is 1. The minimum Gasteiger partial charge on any atom is -0.512 e. The predicted octanol–water partition coefficient (Wildman–Crippen LogP) is 4.01. The maximum atomic E-state index is 12.0. The Hall–Kier alpha value is -1.28. The van der Waals surface area contributed by atoms with Crippen LogP contribution in [0.2, 0.25) is 5.02 Å². The molecule has 86 valence electrons. The van der Waals surface area contributed by atoms with E-state index in [1.165, 1.54) is 0 Å². The lowest BCUT2D eigenvalue weighted by molar-refractivity contribution is 0.102. The summed E-state index contributed by atoms with van der Waals surface area (Å²) < 4.78 is 0. The van der Waals surface area contributed by atoms with Gasteiger partial charge in [-0.25, -0.2) is 0 Å². The third kappa shape index (κ3) is 2.64. The number of aliphatic hydroxyl groups is 1. The third-order valence-corrected chi connectivity index (χ3v) is 2.72. The quantitative estimate of drug-likeness (QED) is 0.491. The van der Waals surface area contributed by atoms with Gasteiger partial charge in [0.15, 0.2) is 5.78 Å². The average molecular weight is 239 g/mol. The van der Waals surface area contributed by atoms with Crippen molar-refractivity contribution in [3.63, 3.8) is 0 Å². The van der Waals surface area contributed by atoms with Crippen LogP contribution < -0.4 is 0 Å². The Kier molecular flexibility index (Phi) is 4.13. The summed E-state index contributed by atoms with van der Waals surface area (Å²) in [5.41, 5.74) is 0.775. The van der Waals surface area contributed by atoms with Gasteiger partial charge in [0.1, 0.15) is 5.76 Å². The van der Waals surface area contributed by atoms with Crippen LogP contribution in [0, 0.1) is 5.92 Å². The molecule has 0 heterocycles. The molecule has 1 rings (SSSR count). The van der Waals surface area contributed by atoms with E-state index >= 15 is 0 Å². The van der Waals surface area contributed by atoms with Crippen LogP contribution in [0.15, 0.2) is 35.6 Å². The molecule has 1 N–H and O–H groups in total. The standard InChI is InChI=1S/C13H15ClO2/c1-8(2)12(15)9(3)13(16)10-6-4-5-7-11(10)14/h4-8,15H,1-3H3/b12-9-. The number of Topliss-reactive ketones (excluding diaryl/α,β-unsaturated/α-hetero) is 1. The number of carbonyl (C=O) groups is 1. The van der Waals surface area contributed by atoms with Gasteiger partial charge < -0.3 is 5.11 Å². The van der Waals surface area contributed by atoms with E-state index in [0.29, 0.717) is 16.2 Å². The molecule has 0 amide bonds. The van der Waals surface area contributed by atoms with Crippen LogP contribution in [0.1, 0.15) is 31.1 Å². The van der Waals surface area contributed by atoms with E-state index in [9.17, 15) is 9.90 Å². The largest absolute Gasteiger partial charge is 0.512 e. The highest BCUT2D eigenvalue weighted by atomic mass is 35.5. The SMILES string of the molecule is C/C(C(=O)c1ccccc1Cl)=C(/O)C(C)C. The molecule has 2 nitrogen and oxygen atoms in total. The van der Waals surface area contributed by atoms with Crippen LogP contribution in [-0.4, -0.2) is 10.9 Å². The molecule has 16 heavy (non-hydrogen) atoms. The molecule has 0 saturated heterocycles. The second kappa shape index (κ2) is 5.17. The first kappa shape index (κ1) is 12.8. The molecule has 0 unspecified atom stereocenters. The monoisotopic (exact) mass is 238 g/mol. The van der Waals surface area contributed by atoms with Crippen molar-refractivity contribution in [2.45, 2.75) is 20.8 Å². The highest BCUT2D eigenvalue weighted by Crippen LogP contribution is 2.21. The summed E-state index contributed by atoms with van der Waals surface area (Å²) in [4.78, 5) is 12.0. The minimum atomic E-state index is -0.225. The number of carbonyl (C=O) groups excluding carboxylic acids is 1. The van der Waals surface area contributed by atoms with Crippen molar-refractivity contribution in [1.29, 1.82) is 0 Å². The molecule has 0 saturated carbocycles. The fourth-order valence-corrected chi connectivity index (χ4v) is 1.62. The van der Waals surface area contributed by atoms with Gasteiger partial charge in [-0.1, -0.05) is 37.6 Å². The van der Waals surface area contributed by atoms with E-state index < -0.39 is 0 Å². The minimum absolute atomic E-state index is 0.0635. The lowest BCUT2D eigenvalue weighted by Crippen LogP contribution is -2.07. The molecule has 3 heteroatoms. The van der Waals surface area contributed by atoms with E-state index in [1.54, 1.807) is 31.2 Å². The molecule has 0 aliphatic heterocycles. The number of halogens is 1. The van der Waals surface area contributed by atoms with E-state index in [4.69, 9.17) is 11.6 Å². The second-order valence-electron chi connectivity index (χ2n) is 3.97. The van der Waals surface area contributed by atoms with Crippen LogP contribution >= 0.6 is 11.6 Å². The Morgan fingerprint density at radius 2 is 1.88 bits per heavy atom. The van der Waals surface area contributed by atoms with Gasteiger partial charge in [-0.3, -0.25) is 4.79 Å². The van der Waals surface area contributed by atoms with Crippen LogP contribution in [0.3, 0.4) is 0 Å². The molecule has 0 aromatic heterocycles. The van der Waals surface area contributed by atoms with E-state index in [2.05, 4.69) is 0 Å². The van der Waals surface area contributed by atoms with Crippen molar-refractivity contribution in [2.75, 3.05) is 0 Å². The number of rotatable bonds is 3. The fraction of sp³-hybridized carbons (Fsp3) is 0.308. The van der Waals surface area contributed by atoms with Crippen molar-refractivity contribution in [3.8, 4) is 0 Å². The molecular formula is C13H15ClO2. The molecule has 0 bridgehead atoms. The van der Waals surface area contributed by atoms with Gasteiger partial charge in [0.25, 0.3) is 0 Å². The number of hydrogen-bond acceptors (Lipinski definition) is 2.